The molecule has 0 aliphatic rings. The zero-order valence-electron chi connectivity index (χ0n) is 13.1. The second-order valence-corrected chi connectivity index (χ2v) is 2.81. The SMILES string of the molecule is CCCOP(=O)(O)ON.[H-].[H-].[H-].[H-].[Na+].[Na+].[Na+].[Na+]. The molecule has 0 aromatic carbocycles. The van der Waals surface area contributed by atoms with Gasteiger partial charge in [0.25, 0.3) is 0 Å². The Bertz CT molecular complexity index is 141. The summed E-state index contributed by atoms with van der Waals surface area (Å²) in [7, 11) is -3.91. The van der Waals surface area contributed by atoms with E-state index in [0.29, 0.717) is 6.42 Å². The van der Waals surface area contributed by atoms with Gasteiger partial charge in [0.15, 0.2) is 0 Å². The number of rotatable bonds is 4. The molecule has 5 nitrogen and oxygen atoms in total. The van der Waals surface area contributed by atoms with E-state index in [1.807, 2.05) is 0 Å². The Labute approximate surface area is 173 Å². The van der Waals surface area contributed by atoms with E-state index < -0.39 is 7.82 Å². The van der Waals surface area contributed by atoms with E-state index in [2.05, 4.69) is 15.0 Å². The summed E-state index contributed by atoms with van der Waals surface area (Å²) in [5.74, 6) is 4.41. The van der Waals surface area contributed by atoms with Crippen LogP contribution in [0.15, 0.2) is 0 Å². The maximum Gasteiger partial charge on any atom is 1.00 e. The average molecular weight is 251 g/mol. The molecule has 1 unspecified atom stereocenters. The van der Waals surface area contributed by atoms with Crippen LogP contribution in [-0.4, -0.2) is 11.5 Å². The Kier molecular flexibility index (Phi) is 42.9. The summed E-state index contributed by atoms with van der Waals surface area (Å²) in [6.45, 7) is 1.97. The fourth-order valence-corrected chi connectivity index (χ4v) is 0.711. The predicted octanol–water partition coefficient (Wildman–Crippen LogP) is -11.1. The second kappa shape index (κ2) is 18.4. The maximum absolute atomic E-state index is 10.3. The quantitative estimate of drug-likeness (QED) is 0.294. The van der Waals surface area contributed by atoms with Crippen molar-refractivity contribution < 1.29 is 143 Å². The van der Waals surface area contributed by atoms with E-state index in [1.165, 1.54) is 0 Å². The van der Waals surface area contributed by atoms with E-state index >= 15 is 0 Å². The molecular weight excluding hydrogens is 237 g/mol. The van der Waals surface area contributed by atoms with Gasteiger partial charge in [0.1, 0.15) is 0 Å². The van der Waals surface area contributed by atoms with Gasteiger partial charge in [0.05, 0.1) is 6.61 Å². The molecule has 64 valence electrons. The zero-order valence-corrected chi connectivity index (χ0v) is 18.0. The van der Waals surface area contributed by atoms with Crippen LogP contribution < -0.4 is 124 Å². The monoisotopic (exact) mass is 251 g/mol. The Hall–Kier alpha value is 4.07. The minimum Gasteiger partial charge on any atom is -1.00 e. The number of phosphoric ester groups is 1. The second-order valence-electron chi connectivity index (χ2n) is 1.41. The molecule has 0 bridgehead atoms. The van der Waals surface area contributed by atoms with Crippen molar-refractivity contribution in [2.24, 2.45) is 5.90 Å². The van der Waals surface area contributed by atoms with E-state index in [4.69, 9.17) is 4.89 Å². The van der Waals surface area contributed by atoms with Gasteiger partial charge in [-0.2, -0.15) is 0 Å². The molecule has 0 radical (unpaired) electrons. The van der Waals surface area contributed by atoms with Crippen molar-refractivity contribution in [1.82, 2.24) is 0 Å². The Balaban J connectivity index is -0.0000000114. The van der Waals surface area contributed by atoms with Crippen LogP contribution in [0.25, 0.3) is 0 Å². The van der Waals surface area contributed by atoms with Crippen LogP contribution in [0.5, 0.6) is 0 Å². The molecule has 0 fully saturated rings. The van der Waals surface area contributed by atoms with Gasteiger partial charge in [-0.25, -0.2) is 15.1 Å². The van der Waals surface area contributed by atoms with Crippen molar-refractivity contribution in [2.75, 3.05) is 6.61 Å². The minimum atomic E-state index is -3.91. The summed E-state index contributed by atoms with van der Waals surface area (Å²) in [5.41, 5.74) is 0. The number of hydrogen-bond acceptors (Lipinski definition) is 4. The van der Waals surface area contributed by atoms with Crippen LogP contribution >= 0.6 is 7.82 Å². The Morgan fingerprint density at radius 1 is 1.38 bits per heavy atom. The van der Waals surface area contributed by atoms with Gasteiger partial charge in [0.2, 0.25) is 0 Å². The number of hydrogen-bond donors (Lipinski definition) is 2. The summed E-state index contributed by atoms with van der Waals surface area (Å²) >= 11 is 0. The first-order chi connectivity index (χ1) is 4.12. The fourth-order valence-electron chi connectivity index (χ4n) is 0.237. The summed E-state index contributed by atoms with van der Waals surface area (Å²) < 4.78 is 18.2. The van der Waals surface area contributed by atoms with Gasteiger partial charge in [-0.3, -0.25) is 4.52 Å². The van der Waals surface area contributed by atoms with Crippen LogP contribution in [0.3, 0.4) is 0 Å². The number of phosphoric acid groups is 1. The third-order valence-electron chi connectivity index (χ3n) is 0.592. The van der Waals surface area contributed by atoms with Crippen LogP contribution in [0.1, 0.15) is 19.1 Å². The van der Waals surface area contributed by atoms with Crippen LogP contribution in [0, 0.1) is 0 Å². The molecule has 0 amide bonds. The summed E-state index contributed by atoms with van der Waals surface area (Å²) in [5, 5.41) is 0. The largest absolute Gasteiger partial charge is 1.00 e. The van der Waals surface area contributed by atoms with E-state index in [1.54, 1.807) is 6.92 Å². The predicted molar refractivity (Wildman–Crippen MR) is 35.8 cm³/mol. The first-order valence-corrected chi connectivity index (χ1v) is 3.97. The third kappa shape index (κ3) is 21.8. The van der Waals surface area contributed by atoms with Crippen molar-refractivity contribution in [1.29, 1.82) is 0 Å². The van der Waals surface area contributed by atoms with E-state index in [9.17, 15) is 4.57 Å². The van der Waals surface area contributed by atoms with Crippen molar-refractivity contribution in [3.05, 3.63) is 0 Å². The van der Waals surface area contributed by atoms with Crippen molar-refractivity contribution in [3.8, 4) is 0 Å². The van der Waals surface area contributed by atoms with Gasteiger partial charge >= 0.3 is 126 Å². The molecule has 0 saturated carbocycles. The fraction of sp³-hybridized carbons (Fsp3) is 1.00. The molecule has 0 aromatic heterocycles. The van der Waals surface area contributed by atoms with Gasteiger partial charge in [-0.1, -0.05) is 6.92 Å². The molecule has 3 N–H and O–H groups in total. The van der Waals surface area contributed by atoms with Crippen molar-refractivity contribution >= 4 is 7.82 Å². The zero-order chi connectivity index (χ0) is 7.33. The molecule has 10 heteroatoms. The van der Waals surface area contributed by atoms with Crippen molar-refractivity contribution in [3.63, 3.8) is 0 Å². The Morgan fingerprint density at radius 3 is 2.00 bits per heavy atom. The number of nitrogens with two attached hydrogens (primary N) is 1. The summed E-state index contributed by atoms with van der Waals surface area (Å²) in [6.07, 6.45) is 0.647. The maximum atomic E-state index is 10.3. The van der Waals surface area contributed by atoms with Crippen molar-refractivity contribution in [2.45, 2.75) is 13.3 Å². The molecule has 0 aromatic rings. The molecule has 0 rings (SSSR count). The summed E-state index contributed by atoms with van der Waals surface area (Å²) in [4.78, 5) is 8.44. The molecule has 0 saturated heterocycles. The summed E-state index contributed by atoms with van der Waals surface area (Å²) in [6, 6.07) is 0. The third-order valence-corrected chi connectivity index (χ3v) is 1.37. The average Bonchev–Trinajstić information content (AvgIpc) is 1.84. The first-order valence-electron chi connectivity index (χ1n) is 2.48. The Morgan fingerprint density at radius 2 is 1.77 bits per heavy atom. The molecule has 0 aliphatic carbocycles. The van der Waals surface area contributed by atoms with Gasteiger partial charge in [0, 0.05) is 0 Å². The molecule has 13 heavy (non-hydrogen) atoms. The smallest absolute Gasteiger partial charge is 1.00 e. The topological polar surface area (TPSA) is 81.8 Å². The molecule has 0 aliphatic heterocycles. The first kappa shape index (κ1) is 30.3. The van der Waals surface area contributed by atoms with Gasteiger partial charge in [-0.15, -0.1) is 0 Å². The molecule has 0 spiro atoms. The van der Waals surface area contributed by atoms with Gasteiger partial charge < -0.3 is 10.6 Å². The van der Waals surface area contributed by atoms with Crippen LogP contribution in [0.2, 0.25) is 0 Å². The standard InChI is InChI=1S/C3H10NO4P.4Na.4H/c1-2-3-7-9(5,6)8-4;;;;;;;;/h2-4H2,1H3,(H,5,6);;;;;;;;/q;4*+1;4*-1. The van der Waals surface area contributed by atoms with Crippen LogP contribution in [-0.2, 0) is 13.7 Å². The molecule has 1 atom stereocenters. The van der Waals surface area contributed by atoms with E-state index in [0.717, 1.165) is 0 Å². The molecule has 0 heterocycles. The minimum absolute atomic E-state index is 0. The normalized spacial score (nSPS) is 11.9. The van der Waals surface area contributed by atoms with E-state index in [-0.39, 0.29) is 131 Å². The van der Waals surface area contributed by atoms with Crippen LogP contribution in [0.4, 0.5) is 0 Å². The molecular formula is C3H14NNa4O4P. The van der Waals surface area contributed by atoms with Gasteiger partial charge in [-0.05, 0) is 6.42 Å².